The van der Waals surface area contributed by atoms with Crippen LogP contribution < -0.4 is 4.90 Å². The number of ketones is 1. The summed E-state index contributed by atoms with van der Waals surface area (Å²) >= 11 is 0. The lowest BCUT2D eigenvalue weighted by atomic mass is 10.1. The van der Waals surface area contributed by atoms with Crippen molar-refractivity contribution in [3.8, 4) is 0 Å². The van der Waals surface area contributed by atoms with Gasteiger partial charge in [0.05, 0.1) is 11.5 Å². The number of anilines is 1. The Morgan fingerprint density at radius 1 is 1.41 bits per heavy atom. The first-order valence-corrected chi connectivity index (χ1v) is 5.29. The second kappa shape index (κ2) is 4.48. The zero-order valence-electron chi connectivity index (χ0n) is 9.06. The van der Waals surface area contributed by atoms with Gasteiger partial charge in [-0.1, -0.05) is 6.07 Å². The molecule has 17 heavy (non-hydrogen) atoms. The van der Waals surface area contributed by atoms with Gasteiger partial charge in [-0.05, 0) is 18.6 Å². The standard InChI is InChI=1S/C11H11FN2O3/c12-9-4-1-5-10(11(9)14(16)17)13-6-2-3-8(15)7-13/h1,4-5H,2-3,6-7H2. The average Bonchev–Trinajstić information content (AvgIpc) is 2.28. The third-order valence-electron chi connectivity index (χ3n) is 2.74. The number of benzene rings is 1. The number of nitro benzene ring substituents is 1. The maximum absolute atomic E-state index is 13.4. The molecule has 2 rings (SSSR count). The molecule has 0 unspecified atom stereocenters. The Balaban J connectivity index is 2.40. The molecule has 0 amide bonds. The molecule has 0 saturated carbocycles. The first-order chi connectivity index (χ1) is 8.09. The minimum absolute atomic E-state index is 0.0230. The Bertz CT molecular complexity index is 476. The number of Topliss-reactive ketones (excluding diaryl/α,β-unsaturated/α-hetero) is 1. The zero-order chi connectivity index (χ0) is 12.4. The van der Waals surface area contributed by atoms with Crippen LogP contribution in [0.3, 0.4) is 0 Å². The molecule has 1 aromatic rings. The van der Waals surface area contributed by atoms with Crippen molar-refractivity contribution < 1.29 is 14.1 Å². The van der Waals surface area contributed by atoms with Gasteiger partial charge in [-0.3, -0.25) is 14.9 Å². The first-order valence-electron chi connectivity index (χ1n) is 5.29. The molecule has 0 radical (unpaired) electrons. The number of rotatable bonds is 2. The summed E-state index contributed by atoms with van der Waals surface area (Å²) in [5, 5.41) is 10.8. The molecule has 1 heterocycles. The van der Waals surface area contributed by atoms with E-state index in [1.165, 1.54) is 12.1 Å². The van der Waals surface area contributed by atoms with Gasteiger partial charge in [-0.25, -0.2) is 0 Å². The van der Waals surface area contributed by atoms with Crippen LogP contribution >= 0.6 is 0 Å². The number of carbonyl (C=O) groups is 1. The van der Waals surface area contributed by atoms with E-state index in [2.05, 4.69) is 0 Å². The minimum Gasteiger partial charge on any atom is -0.359 e. The SMILES string of the molecule is O=C1CCCN(c2cccc(F)c2[N+](=O)[O-])C1. The summed E-state index contributed by atoms with van der Waals surface area (Å²) < 4.78 is 13.4. The molecule has 1 aliphatic rings. The Labute approximate surface area is 97.0 Å². The normalized spacial score (nSPS) is 16.1. The highest BCUT2D eigenvalue weighted by Gasteiger charge is 2.26. The molecule has 1 fully saturated rings. The Morgan fingerprint density at radius 2 is 2.18 bits per heavy atom. The third-order valence-corrected chi connectivity index (χ3v) is 2.74. The van der Waals surface area contributed by atoms with Crippen molar-refractivity contribution in [3.05, 3.63) is 34.1 Å². The van der Waals surface area contributed by atoms with Crippen molar-refractivity contribution in [3.63, 3.8) is 0 Å². The summed E-state index contributed by atoms with van der Waals surface area (Å²) in [6, 6.07) is 3.93. The van der Waals surface area contributed by atoms with Gasteiger partial charge in [0.2, 0.25) is 5.82 Å². The highest BCUT2D eigenvalue weighted by Crippen LogP contribution is 2.31. The fourth-order valence-electron chi connectivity index (χ4n) is 1.98. The summed E-state index contributed by atoms with van der Waals surface area (Å²) in [5.74, 6) is -0.847. The van der Waals surface area contributed by atoms with Crippen molar-refractivity contribution in [2.45, 2.75) is 12.8 Å². The Morgan fingerprint density at radius 3 is 2.82 bits per heavy atom. The molecular weight excluding hydrogens is 227 g/mol. The second-order valence-corrected chi connectivity index (χ2v) is 3.93. The summed E-state index contributed by atoms with van der Waals surface area (Å²) in [5.41, 5.74) is -0.370. The molecule has 90 valence electrons. The van der Waals surface area contributed by atoms with Crippen LogP contribution in [-0.4, -0.2) is 23.8 Å². The number of para-hydroxylation sites is 1. The van der Waals surface area contributed by atoms with Crippen LogP contribution in [0.1, 0.15) is 12.8 Å². The van der Waals surface area contributed by atoms with E-state index < -0.39 is 16.4 Å². The number of hydrogen-bond donors (Lipinski definition) is 0. The molecule has 5 nitrogen and oxygen atoms in total. The number of hydrogen-bond acceptors (Lipinski definition) is 4. The van der Waals surface area contributed by atoms with Gasteiger partial charge in [0.15, 0.2) is 5.78 Å². The number of piperidine rings is 1. The third kappa shape index (κ3) is 2.25. The van der Waals surface area contributed by atoms with E-state index in [9.17, 15) is 19.3 Å². The Hall–Kier alpha value is -1.98. The van der Waals surface area contributed by atoms with Crippen LogP contribution in [0, 0.1) is 15.9 Å². The van der Waals surface area contributed by atoms with Crippen molar-refractivity contribution in [2.75, 3.05) is 18.0 Å². The van der Waals surface area contributed by atoms with Gasteiger partial charge in [0, 0.05) is 13.0 Å². The lowest BCUT2D eigenvalue weighted by molar-refractivity contribution is -0.386. The maximum Gasteiger partial charge on any atom is 0.327 e. The van der Waals surface area contributed by atoms with Crippen molar-refractivity contribution in [2.24, 2.45) is 0 Å². The second-order valence-electron chi connectivity index (χ2n) is 3.93. The van der Waals surface area contributed by atoms with Gasteiger partial charge < -0.3 is 4.90 Å². The largest absolute Gasteiger partial charge is 0.359 e. The summed E-state index contributed by atoms with van der Waals surface area (Å²) in [6.07, 6.45) is 1.13. The summed E-state index contributed by atoms with van der Waals surface area (Å²) in [6.45, 7) is 0.653. The summed E-state index contributed by atoms with van der Waals surface area (Å²) in [7, 11) is 0. The van der Waals surface area contributed by atoms with E-state index in [0.717, 1.165) is 6.07 Å². The molecule has 1 saturated heterocycles. The zero-order valence-corrected chi connectivity index (χ0v) is 9.06. The fourth-order valence-corrected chi connectivity index (χ4v) is 1.98. The van der Waals surface area contributed by atoms with Crippen LogP contribution in [0.5, 0.6) is 0 Å². The Kier molecular flexibility index (Phi) is 3.03. The molecule has 1 aliphatic heterocycles. The predicted molar refractivity (Wildman–Crippen MR) is 59.5 cm³/mol. The molecule has 0 N–H and O–H groups in total. The lowest BCUT2D eigenvalue weighted by Gasteiger charge is -2.27. The van der Waals surface area contributed by atoms with E-state index in [1.807, 2.05) is 0 Å². The smallest absolute Gasteiger partial charge is 0.327 e. The van der Waals surface area contributed by atoms with Crippen LogP contribution in [-0.2, 0) is 4.79 Å². The number of nitrogens with zero attached hydrogens (tertiary/aromatic N) is 2. The lowest BCUT2D eigenvalue weighted by Crippen LogP contribution is -2.36. The van der Waals surface area contributed by atoms with Gasteiger partial charge in [0.1, 0.15) is 5.69 Å². The van der Waals surface area contributed by atoms with Crippen molar-refractivity contribution >= 4 is 17.2 Å². The highest BCUT2D eigenvalue weighted by atomic mass is 19.1. The van der Waals surface area contributed by atoms with Crippen LogP contribution in [0.15, 0.2) is 18.2 Å². The number of carbonyl (C=O) groups excluding carboxylic acids is 1. The van der Waals surface area contributed by atoms with E-state index in [4.69, 9.17) is 0 Å². The molecule has 1 aromatic carbocycles. The minimum atomic E-state index is -0.870. The quantitative estimate of drug-likeness (QED) is 0.583. The van der Waals surface area contributed by atoms with E-state index in [1.54, 1.807) is 4.90 Å². The van der Waals surface area contributed by atoms with E-state index in [-0.39, 0.29) is 18.0 Å². The van der Waals surface area contributed by atoms with E-state index in [0.29, 0.717) is 19.4 Å². The maximum atomic E-state index is 13.4. The number of halogens is 1. The molecule has 0 aromatic heterocycles. The van der Waals surface area contributed by atoms with Crippen molar-refractivity contribution in [1.29, 1.82) is 0 Å². The number of nitro groups is 1. The topological polar surface area (TPSA) is 63.5 Å². The van der Waals surface area contributed by atoms with Gasteiger partial charge in [-0.2, -0.15) is 4.39 Å². The predicted octanol–water partition coefficient (Wildman–Crippen LogP) is 1.90. The van der Waals surface area contributed by atoms with Gasteiger partial charge in [-0.15, -0.1) is 0 Å². The fraction of sp³-hybridized carbons (Fsp3) is 0.364. The molecule has 6 heteroatoms. The molecule has 0 bridgehead atoms. The summed E-state index contributed by atoms with van der Waals surface area (Å²) in [4.78, 5) is 22.9. The van der Waals surface area contributed by atoms with Gasteiger partial charge in [0.25, 0.3) is 0 Å². The highest BCUT2D eigenvalue weighted by molar-refractivity contribution is 5.85. The average molecular weight is 238 g/mol. The molecular formula is C11H11FN2O3. The van der Waals surface area contributed by atoms with Crippen LogP contribution in [0.25, 0.3) is 0 Å². The monoisotopic (exact) mass is 238 g/mol. The van der Waals surface area contributed by atoms with E-state index >= 15 is 0 Å². The van der Waals surface area contributed by atoms with Crippen molar-refractivity contribution in [1.82, 2.24) is 0 Å². The molecule has 0 atom stereocenters. The van der Waals surface area contributed by atoms with Crippen LogP contribution in [0.4, 0.5) is 15.8 Å². The first kappa shape index (κ1) is 11.5. The molecule has 0 spiro atoms. The van der Waals surface area contributed by atoms with Crippen LogP contribution in [0.2, 0.25) is 0 Å². The van der Waals surface area contributed by atoms with Gasteiger partial charge >= 0.3 is 5.69 Å². The molecule has 0 aliphatic carbocycles.